The Morgan fingerprint density at radius 1 is 1.16 bits per heavy atom. The van der Waals surface area contributed by atoms with Gasteiger partial charge < -0.3 is 10.2 Å². The smallest absolute Gasteiger partial charge is 0.244 e. The highest BCUT2D eigenvalue weighted by Crippen LogP contribution is 2.40. The molecule has 1 N–H and O–H groups in total. The van der Waals surface area contributed by atoms with Gasteiger partial charge in [-0.15, -0.1) is 0 Å². The molecule has 4 heteroatoms. The molecule has 2 amide bonds. The van der Waals surface area contributed by atoms with Gasteiger partial charge in [0.1, 0.15) is 6.04 Å². The fraction of sp³-hybridized carbons (Fsp3) is 0.810. The molecule has 0 aromatic heterocycles. The topological polar surface area (TPSA) is 49.4 Å². The molecule has 0 aromatic carbocycles. The summed E-state index contributed by atoms with van der Waals surface area (Å²) in [5.41, 5.74) is 0.286. The van der Waals surface area contributed by atoms with Crippen molar-refractivity contribution in [3.63, 3.8) is 0 Å². The second-order valence-electron chi connectivity index (χ2n) is 8.57. The van der Waals surface area contributed by atoms with Crippen LogP contribution in [0.5, 0.6) is 0 Å². The van der Waals surface area contributed by atoms with Crippen molar-refractivity contribution >= 4 is 11.8 Å². The minimum absolute atomic E-state index is 0.0556. The zero-order chi connectivity index (χ0) is 17.7. The van der Waals surface area contributed by atoms with Crippen molar-refractivity contribution in [2.24, 2.45) is 11.3 Å². The Labute approximate surface area is 152 Å². The lowest BCUT2D eigenvalue weighted by Gasteiger charge is -2.44. The van der Waals surface area contributed by atoms with Crippen LogP contribution < -0.4 is 5.32 Å². The minimum atomic E-state index is -0.398. The van der Waals surface area contributed by atoms with E-state index in [0.717, 1.165) is 45.2 Å². The lowest BCUT2D eigenvalue weighted by molar-refractivity contribution is -0.139. The van der Waals surface area contributed by atoms with Gasteiger partial charge in [-0.2, -0.15) is 0 Å². The molecule has 1 saturated heterocycles. The fourth-order valence-electron chi connectivity index (χ4n) is 5.00. The van der Waals surface area contributed by atoms with Crippen LogP contribution in [0, 0.1) is 11.3 Å². The monoisotopic (exact) mass is 346 g/mol. The van der Waals surface area contributed by atoms with Gasteiger partial charge in [0.15, 0.2) is 0 Å². The molecule has 2 aliphatic carbocycles. The Morgan fingerprint density at radius 3 is 2.68 bits per heavy atom. The molecule has 4 nitrogen and oxygen atoms in total. The molecule has 0 bridgehead atoms. The number of carbonyl (C=O) groups is 2. The van der Waals surface area contributed by atoms with E-state index in [1.54, 1.807) is 0 Å². The molecule has 25 heavy (non-hydrogen) atoms. The molecule has 1 spiro atoms. The molecule has 3 aliphatic rings. The summed E-state index contributed by atoms with van der Waals surface area (Å²) in [6.07, 6.45) is 17.0. The van der Waals surface area contributed by atoms with Crippen molar-refractivity contribution < 1.29 is 9.59 Å². The Bertz CT molecular complexity index is 510. The molecular formula is C21H34N2O2. The third kappa shape index (κ3) is 4.86. The molecule has 0 unspecified atom stereocenters. The fourth-order valence-corrected chi connectivity index (χ4v) is 5.00. The lowest BCUT2D eigenvalue weighted by atomic mass is 9.71. The van der Waals surface area contributed by atoms with Gasteiger partial charge in [0.05, 0.1) is 0 Å². The number of amides is 2. The van der Waals surface area contributed by atoms with E-state index in [-0.39, 0.29) is 17.2 Å². The molecule has 1 heterocycles. The maximum atomic E-state index is 12.8. The summed E-state index contributed by atoms with van der Waals surface area (Å²) >= 11 is 0. The Morgan fingerprint density at radius 2 is 1.96 bits per heavy atom. The Hall–Kier alpha value is -1.32. The van der Waals surface area contributed by atoms with Gasteiger partial charge in [0.2, 0.25) is 11.8 Å². The van der Waals surface area contributed by atoms with Crippen LogP contribution >= 0.6 is 0 Å². The standard InChI is InChI=1S/C21H34N2O2/c1-17(22-19(24)15-18-9-4-2-5-10-18)20(25)23-14-8-13-21(16-23)11-6-3-7-12-21/h3,6,17-18H,2,4-5,7-16H2,1H3,(H,22,24)/t17-,21-/m0/s1. The number of allylic oxidation sites excluding steroid dienone is 2. The summed E-state index contributed by atoms with van der Waals surface area (Å²) in [6, 6.07) is -0.398. The van der Waals surface area contributed by atoms with E-state index in [9.17, 15) is 9.59 Å². The summed E-state index contributed by atoms with van der Waals surface area (Å²) in [5.74, 6) is 0.675. The van der Waals surface area contributed by atoms with Crippen molar-refractivity contribution in [2.45, 2.75) is 83.6 Å². The normalized spacial score (nSPS) is 28.8. The predicted molar refractivity (Wildman–Crippen MR) is 100 cm³/mol. The zero-order valence-corrected chi connectivity index (χ0v) is 15.8. The molecule has 0 radical (unpaired) electrons. The largest absolute Gasteiger partial charge is 0.345 e. The van der Waals surface area contributed by atoms with Gasteiger partial charge in [-0.05, 0) is 63.2 Å². The van der Waals surface area contributed by atoms with Crippen molar-refractivity contribution in [1.29, 1.82) is 0 Å². The predicted octanol–water partition coefficient (Wildman–Crippen LogP) is 3.81. The van der Waals surface area contributed by atoms with E-state index in [0.29, 0.717) is 12.3 Å². The van der Waals surface area contributed by atoms with Gasteiger partial charge in [-0.3, -0.25) is 9.59 Å². The number of hydrogen-bond donors (Lipinski definition) is 1. The van der Waals surface area contributed by atoms with Gasteiger partial charge in [0.25, 0.3) is 0 Å². The first-order valence-electron chi connectivity index (χ1n) is 10.3. The van der Waals surface area contributed by atoms with Gasteiger partial charge in [-0.1, -0.05) is 31.4 Å². The van der Waals surface area contributed by atoms with Gasteiger partial charge in [0, 0.05) is 19.5 Å². The van der Waals surface area contributed by atoms with Crippen molar-refractivity contribution in [1.82, 2.24) is 10.2 Å². The molecular weight excluding hydrogens is 312 g/mol. The first-order valence-corrected chi connectivity index (χ1v) is 10.3. The number of hydrogen-bond acceptors (Lipinski definition) is 2. The van der Waals surface area contributed by atoms with E-state index in [2.05, 4.69) is 17.5 Å². The SMILES string of the molecule is C[C@H](NC(=O)CC1CCCCC1)C(=O)N1CCC[C@@]2(CC=CCC2)C1. The van der Waals surface area contributed by atoms with Crippen LogP contribution in [0.25, 0.3) is 0 Å². The number of nitrogens with one attached hydrogen (secondary N) is 1. The first kappa shape index (κ1) is 18.5. The highest BCUT2D eigenvalue weighted by molar-refractivity contribution is 5.87. The number of carbonyl (C=O) groups excluding carboxylic acids is 2. The van der Waals surface area contributed by atoms with Crippen molar-refractivity contribution in [2.75, 3.05) is 13.1 Å². The number of piperidine rings is 1. The lowest BCUT2D eigenvalue weighted by Crippen LogP contribution is -2.53. The number of rotatable bonds is 4. The van der Waals surface area contributed by atoms with Gasteiger partial charge in [-0.25, -0.2) is 0 Å². The summed E-state index contributed by atoms with van der Waals surface area (Å²) < 4.78 is 0. The van der Waals surface area contributed by atoms with E-state index in [4.69, 9.17) is 0 Å². The molecule has 1 aliphatic heterocycles. The minimum Gasteiger partial charge on any atom is -0.345 e. The third-order valence-electron chi connectivity index (χ3n) is 6.48. The number of nitrogens with zero attached hydrogens (tertiary/aromatic N) is 1. The molecule has 0 aromatic rings. The van der Waals surface area contributed by atoms with Crippen molar-refractivity contribution in [3.05, 3.63) is 12.2 Å². The second kappa shape index (κ2) is 8.37. The maximum absolute atomic E-state index is 12.8. The highest BCUT2D eigenvalue weighted by Gasteiger charge is 2.37. The highest BCUT2D eigenvalue weighted by atomic mass is 16.2. The van der Waals surface area contributed by atoms with Crippen LogP contribution in [0.2, 0.25) is 0 Å². The van der Waals surface area contributed by atoms with E-state index in [1.807, 2.05) is 11.8 Å². The van der Waals surface area contributed by atoms with E-state index < -0.39 is 6.04 Å². The van der Waals surface area contributed by atoms with E-state index >= 15 is 0 Å². The van der Waals surface area contributed by atoms with Crippen LogP contribution in [0.3, 0.4) is 0 Å². The average molecular weight is 347 g/mol. The Balaban J connectivity index is 1.49. The number of likely N-dealkylation sites (tertiary alicyclic amines) is 1. The van der Waals surface area contributed by atoms with Crippen LogP contribution in [0.15, 0.2) is 12.2 Å². The quantitative estimate of drug-likeness (QED) is 0.787. The van der Waals surface area contributed by atoms with Crippen LogP contribution in [0.1, 0.15) is 77.6 Å². The maximum Gasteiger partial charge on any atom is 0.244 e. The van der Waals surface area contributed by atoms with E-state index in [1.165, 1.54) is 32.1 Å². The summed E-state index contributed by atoms with van der Waals surface area (Å²) in [4.78, 5) is 27.2. The zero-order valence-electron chi connectivity index (χ0n) is 15.8. The van der Waals surface area contributed by atoms with Crippen molar-refractivity contribution in [3.8, 4) is 0 Å². The summed E-state index contributed by atoms with van der Waals surface area (Å²) in [7, 11) is 0. The Kier molecular flexibility index (Phi) is 6.19. The van der Waals surface area contributed by atoms with Crippen LogP contribution in [0.4, 0.5) is 0 Å². The molecule has 3 rings (SSSR count). The molecule has 2 fully saturated rings. The molecule has 1 saturated carbocycles. The van der Waals surface area contributed by atoms with Crippen LogP contribution in [-0.4, -0.2) is 35.8 Å². The molecule has 2 atom stereocenters. The first-order chi connectivity index (χ1) is 12.1. The molecule has 140 valence electrons. The summed E-state index contributed by atoms with van der Waals surface area (Å²) in [6.45, 7) is 3.55. The summed E-state index contributed by atoms with van der Waals surface area (Å²) in [5, 5.41) is 2.97. The van der Waals surface area contributed by atoms with Gasteiger partial charge >= 0.3 is 0 Å². The average Bonchev–Trinajstić information content (AvgIpc) is 2.62. The van der Waals surface area contributed by atoms with Crippen LogP contribution in [-0.2, 0) is 9.59 Å². The third-order valence-corrected chi connectivity index (χ3v) is 6.48. The second-order valence-corrected chi connectivity index (χ2v) is 8.57.